The summed E-state index contributed by atoms with van der Waals surface area (Å²) < 4.78 is 12.8. The van der Waals surface area contributed by atoms with Crippen LogP contribution in [0.15, 0.2) is 24.3 Å². The van der Waals surface area contributed by atoms with Crippen molar-refractivity contribution >= 4 is 16.6 Å². The van der Waals surface area contributed by atoms with E-state index in [0.717, 1.165) is 16.5 Å². The number of benzene rings is 1. The maximum Gasteiger partial charge on any atom is 0.124 e. The summed E-state index contributed by atoms with van der Waals surface area (Å²) in [6, 6.07) is 6.27. The number of nitrogens with two attached hydrogens (primary N) is 1. The minimum atomic E-state index is -0.252. The lowest BCUT2D eigenvalue weighted by molar-refractivity contribution is 0.629. The van der Waals surface area contributed by atoms with Crippen molar-refractivity contribution in [2.75, 3.05) is 5.73 Å². The highest BCUT2D eigenvalue weighted by Gasteiger charge is 2.01. The number of aromatic nitrogens is 1. The van der Waals surface area contributed by atoms with Crippen molar-refractivity contribution in [1.29, 1.82) is 0 Å². The van der Waals surface area contributed by atoms with Gasteiger partial charge in [-0.15, -0.1) is 0 Å². The Bertz CT molecular complexity index is 460. The Morgan fingerprint density at radius 2 is 2.08 bits per heavy atom. The summed E-state index contributed by atoms with van der Waals surface area (Å²) >= 11 is 0. The van der Waals surface area contributed by atoms with Crippen molar-refractivity contribution in [3.8, 4) is 0 Å². The van der Waals surface area contributed by atoms with E-state index >= 15 is 0 Å². The first-order chi connectivity index (χ1) is 6.16. The second-order valence-corrected chi connectivity index (χ2v) is 3.00. The van der Waals surface area contributed by atoms with Crippen LogP contribution in [0, 0.1) is 12.7 Å². The van der Waals surface area contributed by atoms with Gasteiger partial charge >= 0.3 is 0 Å². The van der Waals surface area contributed by atoms with Gasteiger partial charge in [-0.25, -0.2) is 9.37 Å². The first-order valence-corrected chi connectivity index (χ1v) is 3.99. The van der Waals surface area contributed by atoms with Gasteiger partial charge in [-0.2, -0.15) is 0 Å². The molecule has 13 heavy (non-hydrogen) atoms. The molecule has 0 aliphatic rings. The number of anilines is 1. The van der Waals surface area contributed by atoms with Gasteiger partial charge in [-0.3, -0.25) is 0 Å². The highest BCUT2D eigenvalue weighted by molar-refractivity contribution is 5.86. The summed E-state index contributed by atoms with van der Waals surface area (Å²) in [4.78, 5) is 4.09. The van der Waals surface area contributed by atoms with Crippen LogP contribution in [0.25, 0.3) is 10.8 Å². The van der Waals surface area contributed by atoms with Crippen LogP contribution in [0.4, 0.5) is 10.2 Å². The van der Waals surface area contributed by atoms with E-state index in [2.05, 4.69) is 4.98 Å². The molecule has 2 aromatic rings. The number of pyridine rings is 1. The lowest BCUT2D eigenvalue weighted by Gasteiger charge is -2.02. The van der Waals surface area contributed by atoms with Gasteiger partial charge in [0.2, 0.25) is 0 Å². The predicted octanol–water partition coefficient (Wildman–Crippen LogP) is 2.26. The molecule has 2 N–H and O–H groups in total. The zero-order valence-corrected chi connectivity index (χ0v) is 7.21. The van der Waals surface area contributed by atoms with E-state index in [4.69, 9.17) is 5.73 Å². The molecular weight excluding hydrogens is 167 g/mol. The molecule has 0 saturated carbocycles. The lowest BCUT2D eigenvalue weighted by atomic mass is 10.1. The normalized spacial score (nSPS) is 10.6. The fraction of sp³-hybridized carbons (Fsp3) is 0.100. The van der Waals surface area contributed by atoms with Crippen LogP contribution in [0.1, 0.15) is 5.69 Å². The maximum absolute atomic E-state index is 12.8. The fourth-order valence-corrected chi connectivity index (χ4v) is 1.43. The molecule has 1 heterocycles. The Hall–Kier alpha value is -1.64. The zero-order chi connectivity index (χ0) is 9.42. The topological polar surface area (TPSA) is 38.9 Å². The number of hydrogen-bond acceptors (Lipinski definition) is 2. The molecule has 0 atom stereocenters. The molecule has 0 aliphatic heterocycles. The Morgan fingerprint density at radius 1 is 1.31 bits per heavy atom. The van der Waals surface area contributed by atoms with Crippen molar-refractivity contribution in [3.05, 3.63) is 35.8 Å². The van der Waals surface area contributed by atoms with Gasteiger partial charge < -0.3 is 5.73 Å². The van der Waals surface area contributed by atoms with E-state index in [1.165, 1.54) is 12.1 Å². The van der Waals surface area contributed by atoms with Crippen molar-refractivity contribution < 1.29 is 4.39 Å². The molecule has 0 spiro atoms. The quantitative estimate of drug-likeness (QED) is 0.668. The molecule has 0 bridgehead atoms. The molecule has 0 fully saturated rings. The minimum Gasteiger partial charge on any atom is -0.384 e. The molecule has 66 valence electrons. The summed E-state index contributed by atoms with van der Waals surface area (Å²) in [6.45, 7) is 1.86. The Morgan fingerprint density at radius 3 is 2.85 bits per heavy atom. The smallest absolute Gasteiger partial charge is 0.124 e. The second kappa shape index (κ2) is 2.69. The number of rotatable bonds is 0. The van der Waals surface area contributed by atoms with Crippen molar-refractivity contribution in [2.45, 2.75) is 6.92 Å². The van der Waals surface area contributed by atoms with Crippen molar-refractivity contribution in [2.24, 2.45) is 0 Å². The monoisotopic (exact) mass is 176 g/mol. The Labute approximate surface area is 75.2 Å². The van der Waals surface area contributed by atoms with Crippen molar-refractivity contribution in [3.63, 3.8) is 0 Å². The molecule has 2 nitrogen and oxygen atoms in total. The number of hydrogen-bond donors (Lipinski definition) is 1. The summed E-state index contributed by atoms with van der Waals surface area (Å²) in [7, 11) is 0. The Balaban J connectivity index is 2.86. The van der Waals surface area contributed by atoms with E-state index in [-0.39, 0.29) is 5.82 Å². The van der Waals surface area contributed by atoms with Crippen LogP contribution in [-0.2, 0) is 0 Å². The lowest BCUT2D eigenvalue weighted by Crippen LogP contribution is -1.93. The van der Waals surface area contributed by atoms with Crippen molar-refractivity contribution in [1.82, 2.24) is 4.98 Å². The maximum atomic E-state index is 12.8. The molecule has 0 unspecified atom stereocenters. The van der Waals surface area contributed by atoms with Crippen LogP contribution in [0.3, 0.4) is 0 Å². The molecular formula is C10H9FN2. The van der Waals surface area contributed by atoms with Crippen LogP contribution >= 0.6 is 0 Å². The molecule has 0 aliphatic carbocycles. The third kappa shape index (κ3) is 1.33. The number of fused-ring (bicyclic) bond motifs is 1. The van der Waals surface area contributed by atoms with Crippen LogP contribution < -0.4 is 5.73 Å². The first-order valence-electron chi connectivity index (χ1n) is 3.99. The minimum absolute atomic E-state index is 0.252. The summed E-state index contributed by atoms with van der Waals surface area (Å²) in [5, 5.41) is 1.74. The molecule has 3 heteroatoms. The van der Waals surface area contributed by atoms with Gasteiger partial charge in [0, 0.05) is 11.1 Å². The average Bonchev–Trinajstić information content (AvgIpc) is 2.02. The van der Waals surface area contributed by atoms with E-state index < -0.39 is 0 Å². The molecule has 1 aromatic heterocycles. The number of halogens is 1. The third-order valence-corrected chi connectivity index (χ3v) is 2.00. The number of nitrogen functional groups attached to an aromatic ring is 1. The van der Waals surface area contributed by atoms with Gasteiger partial charge in [0.05, 0.1) is 0 Å². The van der Waals surface area contributed by atoms with Gasteiger partial charge in [0.1, 0.15) is 11.6 Å². The van der Waals surface area contributed by atoms with Gasteiger partial charge in [0.25, 0.3) is 0 Å². The molecule has 0 saturated heterocycles. The van der Waals surface area contributed by atoms with E-state index in [0.29, 0.717) is 5.82 Å². The molecule has 0 amide bonds. The third-order valence-electron chi connectivity index (χ3n) is 2.00. The number of aryl methyl sites for hydroxylation is 1. The molecule has 2 rings (SSSR count). The second-order valence-electron chi connectivity index (χ2n) is 3.00. The van der Waals surface area contributed by atoms with Crippen LogP contribution in [0.5, 0.6) is 0 Å². The molecule has 0 radical (unpaired) electrons. The summed E-state index contributed by atoms with van der Waals surface area (Å²) in [5.41, 5.74) is 6.37. The highest BCUT2D eigenvalue weighted by atomic mass is 19.1. The van der Waals surface area contributed by atoms with Crippen LogP contribution in [0.2, 0.25) is 0 Å². The SMILES string of the molecule is Cc1nc(N)cc2cc(F)ccc12. The largest absolute Gasteiger partial charge is 0.384 e. The average molecular weight is 176 g/mol. The number of nitrogens with zero attached hydrogens (tertiary/aromatic N) is 1. The fourth-order valence-electron chi connectivity index (χ4n) is 1.43. The van der Waals surface area contributed by atoms with Gasteiger partial charge in [-0.05, 0) is 36.6 Å². The predicted molar refractivity (Wildman–Crippen MR) is 50.9 cm³/mol. The van der Waals surface area contributed by atoms with E-state index in [9.17, 15) is 4.39 Å². The van der Waals surface area contributed by atoms with Crippen LogP contribution in [-0.4, -0.2) is 4.98 Å². The standard InChI is InChI=1S/C10H9FN2/c1-6-9-3-2-8(11)4-7(9)5-10(12)13-6/h2-5H,1H3,(H2,12,13). The summed E-state index contributed by atoms with van der Waals surface area (Å²) in [5.74, 6) is 0.174. The van der Waals surface area contributed by atoms with Gasteiger partial charge in [-0.1, -0.05) is 0 Å². The Kier molecular flexibility index (Phi) is 1.65. The zero-order valence-electron chi connectivity index (χ0n) is 7.21. The van der Waals surface area contributed by atoms with E-state index in [1.54, 1.807) is 12.1 Å². The molecule has 1 aromatic carbocycles. The highest BCUT2D eigenvalue weighted by Crippen LogP contribution is 2.19. The first kappa shape index (κ1) is 7.98. The van der Waals surface area contributed by atoms with Gasteiger partial charge in [0.15, 0.2) is 0 Å². The van der Waals surface area contributed by atoms with E-state index in [1.807, 2.05) is 6.92 Å². The summed E-state index contributed by atoms with van der Waals surface area (Å²) in [6.07, 6.45) is 0.